The van der Waals surface area contributed by atoms with Gasteiger partial charge in [-0.15, -0.1) is 0 Å². The summed E-state index contributed by atoms with van der Waals surface area (Å²) >= 11 is 6.69. The zero-order valence-corrected chi connectivity index (χ0v) is 22.1. The van der Waals surface area contributed by atoms with Gasteiger partial charge >= 0.3 is 0 Å². The van der Waals surface area contributed by atoms with E-state index in [1.807, 2.05) is 44.2 Å². The number of para-hydroxylation sites is 1. The largest absolute Gasteiger partial charge is 0.494 e. The number of rotatable bonds is 10. The molecule has 0 unspecified atom stereocenters. The molecule has 9 heteroatoms. The molecule has 0 bridgehead atoms. The molecule has 190 valence electrons. The Kier molecular flexibility index (Phi) is 8.81. The van der Waals surface area contributed by atoms with E-state index in [1.165, 1.54) is 16.7 Å². The van der Waals surface area contributed by atoms with Gasteiger partial charge in [-0.2, -0.15) is 0 Å². The zero-order valence-electron chi connectivity index (χ0n) is 20.4. The van der Waals surface area contributed by atoms with Gasteiger partial charge in [0.2, 0.25) is 0 Å². The monoisotopic (exact) mass is 534 g/mol. The first-order valence-corrected chi connectivity index (χ1v) is 13.0. The number of nitrogens with one attached hydrogen (secondary N) is 1. The fourth-order valence-corrected chi connectivity index (χ4v) is 4.86. The number of hydrogen-bond acceptors (Lipinski definition) is 7. The minimum absolute atomic E-state index is 0.176. The molecule has 37 heavy (non-hydrogen) atoms. The van der Waals surface area contributed by atoms with Crippen LogP contribution in [-0.4, -0.2) is 36.0 Å². The number of benzene rings is 3. The van der Waals surface area contributed by atoms with Crippen molar-refractivity contribution in [1.29, 1.82) is 0 Å². The van der Waals surface area contributed by atoms with Crippen LogP contribution in [0.3, 0.4) is 0 Å². The molecule has 3 aromatic rings. The number of thioether (sulfide) groups is 1. The third kappa shape index (κ3) is 6.69. The number of carbonyl (C=O) groups excluding carboxylic acids is 2. The van der Waals surface area contributed by atoms with Gasteiger partial charge in [0.25, 0.3) is 11.8 Å². The van der Waals surface area contributed by atoms with Crippen molar-refractivity contribution in [2.45, 2.75) is 13.8 Å². The van der Waals surface area contributed by atoms with Crippen molar-refractivity contribution < 1.29 is 23.8 Å². The molecule has 0 aromatic heterocycles. The average molecular weight is 535 g/mol. The molecule has 3 aromatic carbocycles. The predicted octanol–water partition coefficient (Wildman–Crippen LogP) is 5.91. The summed E-state index contributed by atoms with van der Waals surface area (Å²) in [6.07, 6.45) is 1.77. The minimum Gasteiger partial charge on any atom is -0.494 e. The molecule has 1 saturated heterocycles. The smallest absolute Gasteiger partial charge is 0.270 e. The molecule has 1 aliphatic rings. The summed E-state index contributed by atoms with van der Waals surface area (Å²) in [5, 5.41) is 2.79. The highest BCUT2D eigenvalue weighted by atomic mass is 32.2. The fraction of sp³-hybridized carbons (Fsp3) is 0.179. The van der Waals surface area contributed by atoms with Crippen LogP contribution in [-0.2, 0) is 9.59 Å². The highest BCUT2D eigenvalue weighted by Gasteiger charge is 2.33. The van der Waals surface area contributed by atoms with Gasteiger partial charge in [0.05, 0.1) is 23.8 Å². The number of anilines is 2. The Balaban J connectivity index is 1.43. The van der Waals surface area contributed by atoms with Crippen LogP contribution in [0.1, 0.15) is 19.4 Å². The summed E-state index contributed by atoms with van der Waals surface area (Å²) in [6.45, 7) is 4.57. The van der Waals surface area contributed by atoms with Crippen molar-refractivity contribution in [2.75, 3.05) is 30.0 Å². The van der Waals surface area contributed by atoms with E-state index in [1.54, 1.807) is 48.5 Å². The van der Waals surface area contributed by atoms with E-state index in [2.05, 4.69) is 5.32 Å². The standard InChI is InChI=1S/C28H26N2O5S2/c1-3-33-22-13-11-20(12-14-22)29-26(31)18-35-23-15-10-19(16-24(23)34-4-2)17-25-27(32)30(28(36)37-25)21-8-6-5-7-9-21/h5-17H,3-4,18H2,1-2H3,(H,29,31)/b25-17-. The Labute approximate surface area is 225 Å². The molecule has 0 spiro atoms. The lowest BCUT2D eigenvalue weighted by Crippen LogP contribution is -2.27. The van der Waals surface area contributed by atoms with Crippen LogP contribution in [0.25, 0.3) is 6.08 Å². The lowest BCUT2D eigenvalue weighted by Gasteiger charge is -2.14. The molecule has 0 saturated carbocycles. The molecule has 4 rings (SSSR count). The maximum atomic E-state index is 13.0. The molecule has 2 amide bonds. The Bertz CT molecular complexity index is 1310. The van der Waals surface area contributed by atoms with Crippen LogP contribution in [0.15, 0.2) is 77.7 Å². The third-order valence-electron chi connectivity index (χ3n) is 5.18. The second-order valence-corrected chi connectivity index (χ2v) is 9.46. The van der Waals surface area contributed by atoms with E-state index in [0.29, 0.717) is 39.6 Å². The minimum atomic E-state index is -0.305. The predicted molar refractivity (Wildman–Crippen MR) is 151 cm³/mol. The van der Waals surface area contributed by atoms with E-state index >= 15 is 0 Å². The second-order valence-electron chi connectivity index (χ2n) is 7.79. The van der Waals surface area contributed by atoms with Crippen LogP contribution in [0, 0.1) is 0 Å². The molecular formula is C28H26N2O5S2. The van der Waals surface area contributed by atoms with E-state index in [4.69, 9.17) is 26.4 Å². The number of ether oxygens (including phenoxy) is 3. The first-order valence-electron chi connectivity index (χ1n) is 11.7. The summed E-state index contributed by atoms with van der Waals surface area (Å²) in [4.78, 5) is 27.5. The van der Waals surface area contributed by atoms with Gasteiger partial charge in [-0.25, -0.2) is 0 Å². The molecule has 7 nitrogen and oxygen atoms in total. The maximum absolute atomic E-state index is 13.0. The molecule has 1 aliphatic heterocycles. The van der Waals surface area contributed by atoms with Crippen molar-refractivity contribution in [3.8, 4) is 17.2 Å². The number of carbonyl (C=O) groups is 2. The second kappa shape index (κ2) is 12.4. The van der Waals surface area contributed by atoms with Crippen molar-refractivity contribution in [1.82, 2.24) is 0 Å². The summed E-state index contributed by atoms with van der Waals surface area (Å²) in [7, 11) is 0. The SMILES string of the molecule is CCOc1ccc(NC(=O)COc2ccc(/C=C3\SC(=S)N(c4ccccc4)C3=O)cc2OCC)cc1. The van der Waals surface area contributed by atoms with Gasteiger partial charge in [0.15, 0.2) is 22.4 Å². The topological polar surface area (TPSA) is 77.1 Å². The van der Waals surface area contributed by atoms with Gasteiger partial charge in [-0.05, 0) is 74.0 Å². The van der Waals surface area contributed by atoms with Gasteiger partial charge in [0, 0.05) is 5.69 Å². The lowest BCUT2D eigenvalue weighted by atomic mass is 10.1. The van der Waals surface area contributed by atoms with Crippen molar-refractivity contribution in [3.05, 3.63) is 83.3 Å². The number of amides is 2. The number of thiocarbonyl (C=S) groups is 1. The van der Waals surface area contributed by atoms with Crippen molar-refractivity contribution in [2.24, 2.45) is 0 Å². The number of nitrogens with zero attached hydrogens (tertiary/aromatic N) is 1. The first-order chi connectivity index (χ1) is 18.0. The van der Waals surface area contributed by atoms with Crippen LogP contribution in [0.5, 0.6) is 17.2 Å². The third-order valence-corrected chi connectivity index (χ3v) is 6.48. The summed E-state index contributed by atoms with van der Waals surface area (Å²) in [6, 6.07) is 21.7. The van der Waals surface area contributed by atoms with Crippen molar-refractivity contribution >= 4 is 57.6 Å². The Morgan fingerprint density at radius 1 is 0.946 bits per heavy atom. The zero-order chi connectivity index (χ0) is 26.2. The normalized spacial score (nSPS) is 14.1. The molecule has 0 radical (unpaired) electrons. The van der Waals surface area contributed by atoms with E-state index in [0.717, 1.165) is 17.0 Å². The summed E-state index contributed by atoms with van der Waals surface area (Å²) in [5.41, 5.74) is 2.13. The lowest BCUT2D eigenvalue weighted by molar-refractivity contribution is -0.118. The molecular weight excluding hydrogens is 508 g/mol. The molecule has 0 aliphatic carbocycles. The highest BCUT2D eigenvalue weighted by molar-refractivity contribution is 8.27. The first kappa shape index (κ1) is 26.2. The Morgan fingerprint density at radius 3 is 2.38 bits per heavy atom. The molecule has 1 heterocycles. The Morgan fingerprint density at radius 2 is 1.68 bits per heavy atom. The fourth-order valence-electron chi connectivity index (χ4n) is 3.56. The summed E-state index contributed by atoms with van der Waals surface area (Å²) in [5.74, 6) is 1.16. The van der Waals surface area contributed by atoms with Crippen molar-refractivity contribution in [3.63, 3.8) is 0 Å². The van der Waals surface area contributed by atoms with Crippen LogP contribution < -0.4 is 24.4 Å². The average Bonchev–Trinajstić information content (AvgIpc) is 3.18. The summed E-state index contributed by atoms with van der Waals surface area (Å²) < 4.78 is 17.4. The molecule has 0 atom stereocenters. The van der Waals surface area contributed by atoms with Gasteiger partial charge < -0.3 is 19.5 Å². The van der Waals surface area contributed by atoms with E-state index in [9.17, 15) is 9.59 Å². The molecule has 1 N–H and O–H groups in total. The highest BCUT2D eigenvalue weighted by Crippen LogP contribution is 2.37. The van der Waals surface area contributed by atoms with Crippen LogP contribution in [0.4, 0.5) is 11.4 Å². The molecule has 1 fully saturated rings. The van der Waals surface area contributed by atoms with E-state index in [-0.39, 0.29) is 18.4 Å². The quantitative estimate of drug-likeness (QED) is 0.256. The van der Waals surface area contributed by atoms with E-state index < -0.39 is 0 Å². The number of hydrogen-bond donors (Lipinski definition) is 1. The van der Waals surface area contributed by atoms with Gasteiger partial charge in [0.1, 0.15) is 5.75 Å². The van der Waals surface area contributed by atoms with Crippen LogP contribution >= 0.6 is 24.0 Å². The maximum Gasteiger partial charge on any atom is 0.270 e. The Hall–Kier alpha value is -3.82. The van der Waals surface area contributed by atoms with Gasteiger partial charge in [-0.3, -0.25) is 14.5 Å². The van der Waals surface area contributed by atoms with Crippen LogP contribution in [0.2, 0.25) is 0 Å². The van der Waals surface area contributed by atoms with Gasteiger partial charge in [-0.1, -0.05) is 48.2 Å².